The Balaban J connectivity index is 1.76. The lowest BCUT2D eigenvalue weighted by Gasteiger charge is -2.57. The third kappa shape index (κ3) is 1.86. The van der Waals surface area contributed by atoms with Gasteiger partial charge < -0.3 is 5.11 Å². The van der Waals surface area contributed by atoms with Crippen LogP contribution in [0.1, 0.15) is 79.1 Å². The third-order valence-corrected chi connectivity index (χ3v) is 9.18. The van der Waals surface area contributed by atoms with Crippen LogP contribution in [0.15, 0.2) is 23.8 Å². The summed E-state index contributed by atoms with van der Waals surface area (Å²) < 4.78 is 0. The molecule has 7 atom stereocenters. The summed E-state index contributed by atoms with van der Waals surface area (Å²) in [7, 11) is 0. The van der Waals surface area contributed by atoms with Gasteiger partial charge in [0, 0.05) is 5.41 Å². The van der Waals surface area contributed by atoms with Gasteiger partial charge in [0.15, 0.2) is 0 Å². The van der Waals surface area contributed by atoms with Gasteiger partial charge in [-0.2, -0.15) is 0 Å². The number of rotatable bonds is 1. The molecule has 3 saturated carbocycles. The van der Waals surface area contributed by atoms with Crippen molar-refractivity contribution in [1.29, 1.82) is 0 Å². The van der Waals surface area contributed by atoms with Crippen molar-refractivity contribution in [3.05, 3.63) is 23.8 Å². The van der Waals surface area contributed by atoms with Gasteiger partial charge in [-0.1, -0.05) is 51.8 Å². The van der Waals surface area contributed by atoms with Crippen LogP contribution in [0.4, 0.5) is 0 Å². The molecule has 0 radical (unpaired) electrons. The molecule has 6 unspecified atom stereocenters. The van der Waals surface area contributed by atoms with Crippen LogP contribution >= 0.6 is 0 Å². The van der Waals surface area contributed by atoms with Gasteiger partial charge >= 0.3 is 0 Å². The monoisotopic (exact) mass is 328 g/mol. The minimum Gasteiger partial charge on any atom is -0.385 e. The van der Waals surface area contributed by atoms with E-state index in [4.69, 9.17) is 0 Å². The predicted octanol–water partition coefficient (Wildman–Crippen LogP) is 5.89. The number of aliphatic hydroxyl groups is 1. The molecule has 24 heavy (non-hydrogen) atoms. The van der Waals surface area contributed by atoms with Gasteiger partial charge in [0.05, 0.1) is 5.60 Å². The van der Waals surface area contributed by atoms with E-state index in [0.717, 1.165) is 17.9 Å². The first-order chi connectivity index (χ1) is 11.2. The van der Waals surface area contributed by atoms with E-state index >= 15 is 0 Å². The number of hydrogen-bond donors (Lipinski definition) is 1. The molecule has 0 bridgehead atoms. The van der Waals surface area contributed by atoms with E-state index in [1.54, 1.807) is 5.57 Å². The summed E-state index contributed by atoms with van der Waals surface area (Å²) >= 11 is 0. The zero-order valence-electron chi connectivity index (χ0n) is 16.2. The van der Waals surface area contributed by atoms with Gasteiger partial charge in [-0.25, -0.2) is 0 Å². The van der Waals surface area contributed by atoms with Crippen LogP contribution in [-0.4, -0.2) is 10.7 Å². The minimum atomic E-state index is -0.690. The average Bonchev–Trinajstić information content (AvgIpc) is 2.75. The molecule has 1 nitrogen and oxygen atoms in total. The lowest BCUT2D eigenvalue weighted by molar-refractivity contribution is -0.0758. The molecule has 1 N–H and O–H groups in total. The van der Waals surface area contributed by atoms with Crippen LogP contribution in [0.25, 0.3) is 0 Å². The van der Waals surface area contributed by atoms with E-state index in [-0.39, 0.29) is 5.41 Å². The molecular formula is C23H36O. The minimum absolute atomic E-state index is 0.0235. The van der Waals surface area contributed by atoms with E-state index in [2.05, 4.69) is 33.4 Å². The Morgan fingerprint density at radius 3 is 2.67 bits per heavy atom. The molecule has 3 fully saturated rings. The molecule has 0 aromatic heterocycles. The quantitative estimate of drug-likeness (QED) is 0.595. The fourth-order valence-corrected chi connectivity index (χ4v) is 7.81. The second-order valence-corrected chi connectivity index (χ2v) is 10.1. The molecule has 0 aromatic rings. The molecule has 0 amide bonds. The molecule has 4 aliphatic carbocycles. The Kier molecular flexibility index (Phi) is 3.67. The normalized spacial score (nSPS) is 53.6. The van der Waals surface area contributed by atoms with Gasteiger partial charge in [-0.3, -0.25) is 0 Å². The number of hydrogen-bond acceptors (Lipinski definition) is 1. The standard InChI is InChI=1S/C23H36O/c1-15(2)23(24)16(3)14-20-18-10-9-17-8-6-7-12-21(17,4)19(18)11-13-22(20,23)5/h11,16-18,20,24H,1,6-10,12-14H2,2-5H3/t16-,17?,18?,20?,21?,22?,23?/m0/s1. The number of allylic oxidation sites excluding steroid dienone is 2. The second kappa shape index (κ2) is 5.22. The maximum Gasteiger partial charge on any atom is 0.0935 e. The molecule has 1 heteroatoms. The Bertz CT molecular complexity index is 589. The summed E-state index contributed by atoms with van der Waals surface area (Å²) in [5, 5.41) is 11.6. The van der Waals surface area contributed by atoms with Crippen molar-refractivity contribution in [3.8, 4) is 0 Å². The summed E-state index contributed by atoms with van der Waals surface area (Å²) in [5.74, 6) is 2.58. The van der Waals surface area contributed by atoms with E-state index in [1.807, 2.05) is 6.92 Å². The highest BCUT2D eigenvalue weighted by Crippen LogP contribution is 2.68. The van der Waals surface area contributed by atoms with Crippen LogP contribution < -0.4 is 0 Å². The van der Waals surface area contributed by atoms with Gasteiger partial charge in [0.2, 0.25) is 0 Å². The summed E-state index contributed by atoms with van der Waals surface area (Å²) in [6, 6.07) is 0. The maximum atomic E-state index is 11.6. The van der Waals surface area contributed by atoms with Crippen molar-refractivity contribution in [2.24, 2.45) is 34.5 Å². The van der Waals surface area contributed by atoms with Gasteiger partial charge in [0.25, 0.3) is 0 Å². The van der Waals surface area contributed by atoms with Crippen molar-refractivity contribution in [2.75, 3.05) is 0 Å². The Labute approximate surface area is 148 Å². The molecule has 0 heterocycles. The Morgan fingerprint density at radius 2 is 1.96 bits per heavy atom. The van der Waals surface area contributed by atoms with Crippen LogP contribution in [0, 0.1) is 34.5 Å². The SMILES string of the molecule is C=C(C)C1(O)[C@@H](C)CC2C3CCC4CCCCC4(C)C3=CCC21C. The zero-order chi connectivity index (χ0) is 17.3. The lowest BCUT2D eigenvalue weighted by atomic mass is 9.48. The van der Waals surface area contributed by atoms with Gasteiger partial charge in [-0.05, 0) is 80.1 Å². The van der Waals surface area contributed by atoms with Crippen molar-refractivity contribution < 1.29 is 5.11 Å². The highest BCUT2D eigenvalue weighted by atomic mass is 16.3. The van der Waals surface area contributed by atoms with Gasteiger partial charge in [-0.15, -0.1) is 0 Å². The molecule has 0 spiro atoms. The fourth-order valence-electron chi connectivity index (χ4n) is 7.81. The molecule has 4 aliphatic rings. The predicted molar refractivity (Wildman–Crippen MR) is 101 cm³/mol. The smallest absolute Gasteiger partial charge is 0.0935 e. The molecule has 4 rings (SSSR count). The van der Waals surface area contributed by atoms with E-state index in [1.165, 1.54) is 44.9 Å². The lowest BCUT2D eigenvalue weighted by Crippen LogP contribution is -2.53. The highest BCUT2D eigenvalue weighted by Gasteiger charge is 2.64. The Hall–Kier alpha value is -0.560. The summed E-state index contributed by atoms with van der Waals surface area (Å²) in [6.07, 6.45) is 13.2. The van der Waals surface area contributed by atoms with Gasteiger partial charge in [0.1, 0.15) is 0 Å². The fraction of sp³-hybridized carbons (Fsp3) is 0.826. The van der Waals surface area contributed by atoms with Crippen LogP contribution in [-0.2, 0) is 0 Å². The zero-order valence-corrected chi connectivity index (χ0v) is 16.2. The first kappa shape index (κ1) is 16.9. The largest absolute Gasteiger partial charge is 0.385 e. The third-order valence-electron chi connectivity index (χ3n) is 9.18. The average molecular weight is 329 g/mol. The summed E-state index contributed by atoms with van der Waals surface area (Å²) in [4.78, 5) is 0. The number of fused-ring (bicyclic) bond motifs is 5. The van der Waals surface area contributed by atoms with Crippen molar-refractivity contribution in [1.82, 2.24) is 0 Å². The molecular weight excluding hydrogens is 292 g/mol. The van der Waals surface area contributed by atoms with Crippen molar-refractivity contribution in [3.63, 3.8) is 0 Å². The first-order valence-electron chi connectivity index (χ1n) is 10.3. The Morgan fingerprint density at radius 1 is 1.21 bits per heavy atom. The molecule has 134 valence electrons. The van der Waals surface area contributed by atoms with E-state index < -0.39 is 5.60 Å². The van der Waals surface area contributed by atoms with Crippen LogP contribution in [0.2, 0.25) is 0 Å². The molecule has 0 aliphatic heterocycles. The van der Waals surface area contributed by atoms with Crippen molar-refractivity contribution >= 4 is 0 Å². The summed E-state index contributed by atoms with van der Waals surface area (Å²) in [6.45, 7) is 13.4. The second-order valence-electron chi connectivity index (χ2n) is 10.1. The first-order valence-corrected chi connectivity index (χ1v) is 10.3. The highest BCUT2D eigenvalue weighted by molar-refractivity contribution is 5.34. The van der Waals surface area contributed by atoms with Crippen LogP contribution in [0.5, 0.6) is 0 Å². The van der Waals surface area contributed by atoms with Crippen molar-refractivity contribution in [2.45, 2.75) is 84.7 Å². The topological polar surface area (TPSA) is 20.2 Å². The molecule has 0 saturated heterocycles. The van der Waals surface area contributed by atoms with E-state index in [0.29, 0.717) is 23.2 Å². The maximum absolute atomic E-state index is 11.6. The molecule has 0 aromatic carbocycles. The van der Waals surface area contributed by atoms with E-state index in [9.17, 15) is 5.11 Å². The summed E-state index contributed by atoms with van der Waals surface area (Å²) in [5.41, 5.74) is 2.51. The van der Waals surface area contributed by atoms with Crippen LogP contribution in [0.3, 0.4) is 0 Å².